The van der Waals surface area contributed by atoms with Gasteiger partial charge in [-0.2, -0.15) is 0 Å². The van der Waals surface area contributed by atoms with Crippen molar-refractivity contribution in [1.82, 2.24) is 0 Å². The average molecular weight is 320 g/mol. The van der Waals surface area contributed by atoms with Gasteiger partial charge in [0, 0.05) is 5.39 Å². The number of hydrogen-bond acceptors (Lipinski definition) is 5. The van der Waals surface area contributed by atoms with Crippen molar-refractivity contribution in [2.75, 3.05) is 6.79 Å². The molecule has 1 aromatic heterocycles. The molecule has 0 radical (unpaired) electrons. The molecule has 0 atom stereocenters. The smallest absolute Gasteiger partial charge is 0.347 e. The highest BCUT2D eigenvalue weighted by molar-refractivity contribution is 6.07. The normalized spacial score (nSPS) is 12.8. The molecule has 0 unspecified atom stereocenters. The van der Waals surface area contributed by atoms with Gasteiger partial charge in [-0.25, -0.2) is 4.79 Å². The summed E-state index contributed by atoms with van der Waals surface area (Å²) in [5.74, 6) is 0.899. The molecular weight excluding hydrogens is 308 g/mol. The topological polar surface area (TPSA) is 65.7 Å². The molecule has 0 saturated carbocycles. The molecule has 1 aliphatic rings. The van der Waals surface area contributed by atoms with Crippen molar-refractivity contribution in [3.8, 4) is 11.5 Å². The van der Waals surface area contributed by atoms with Crippen molar-refractivity contribution in [1.29, 1.82) is 0 Å². The summed E-state index contributed by atoms with van der Waals surface area (Å²) < 4.78 is 15.7. The first-order valence-electron chi connectivity index (χ1n) is 7.36. The van der Waals surface area contributed by atoms with E-state index in [-0.39, 0.29) is 12.4 Å². The quantitative estimate of drug-likeness (QED) is 0.420. The standard InChI is InChI=1S/C19H12O5/c20-15(7-5-12-6-8-17-18(9-12)23-11-22-17)14-10-13-3-1-2-4-16(13)24-19(14)21/h1-10H,11H2/b7-5+. The Labute approximate surface area is 136 Å². The van der Waals surface area contributed by atoms with Crippen LogP contribution in [0.1, 0.15) is 15.9 Å². The Bertz CT molecular complexity index is 1030. The summed E-state index contributed by atoms with van der Waals surface area (Å²) in [4.78, 5) is 24.3. The monoisotopic (exact) mass is 320 g/mol. The molecule has 5 nitrogen and oxygen atoms in total. The van der Waals surface area contributed by atoms with Crippen LogP contribution in [0.25, 0.3) is 17.0 Å². The van der Waals surface area contributed by atoms with E-state index in [0.29, 0.717) is 22.5 Å². The number of carbonyl (C=O) groups excluding carboxylic acids is 1. The molecule has 24 heavy (non-hydrogen) atoms. The number of allylic oxidation sites excluding steroid dienone is 1. The first-order valence-corrected chi connectivity index (χ1v) is 7.36. The lowest BCUT2D eigenvalue weighted by molar-refractivity contribution is 0.104. The maximum absolute atomic E-state index is 12.3. The van der Waals surface area contributed by atoms with E-state index in [1.165, 1.54) is 6.08 Å². The van der Waals surface area contributed by atoms with Gasteiger partial charge in [-0.3, -0.25) is 4.79 Å². The fourth-order valence-electron chi connectivity index (χ4n) is 2.51. The van der Waals surface area contributed by atoms with Crippen LogP contribution >= 0.6 is 0 Å². The molecule has 0 aliphatic carbocycles. The largest absolute Gasteiger partial charge is 0.454 e. The minimum Gasteiger partial charge on any atom is -0.454 e. The number of carbonyl (C=O) groups is 1. The molecule has 2 aromatic carbocycles. The fraction of sp³-hybridized carbons (Fsp3) is 0.0526. The maximum atomic E-state index is 12.3. The molecule has 3 aromatic rings. The highest BCUT2D eigenvalue weighted by atomic mass is 16.7. The molecule has 0 saturated heterocycles. The highest BCUT2D eigenvalue weighted by Crippen LogP contribution is 2.32. The molecule has 4 rings (SSSR count). The lowest BCUT2D eigenvalue weighted by atomic mass is 10.1. The zero-order valence-electron chi connectivity index (χ0n) is 12.5. The number of ketones is 1. The van der Waals surface area contributed by atoms with E-state index in [9.17, 15) is 9.59 Å². The van der Waals surface area contributed by atoms with Gasteiger partial charge < -0.3 is 13.9 Å². The van der Waals surface area contributed by atoms with Gasteiger partial charge in [0.1, 0.15) is 11.1 Å². The van der Waals surface area contributed by atoms with Crippen molar-refractivity contribution >= 4 is 22.8 Å². The summed E-state index contributed by atoms with van der Waals surface area (Å²) in [6.07, 6.45) is 2.97. The van der Waals surface area contributed by atoms with Gasteiger partial charge in [0.2, 0.25) is 6.79 Å². The van der Waals surface area contributed by atoms with Gasteiger partial charge in [-0.05, 0) is 35.9 Å². The molecule has 0 spiro atoms. The zero-order valence-corrected chi connectivity index (χ0v) is 12.5. The minimum absolute atomic E-state index is 0.00527. The van der Waals surface area contributed by atoms with Crippen LogP contribution in [0.5, 0.6) is 11.5 Å². The van der Waals surface area contributed by atoms with Crippen LogP contribution in [0.3, 0.4) is 0 Å². The van der Waals surface area contributed by atoms with Crippen molar-refractivity contribution in [2.45, 2.75) is 0 Å². The van der Waals surface area contributed by atoms with E-state index in [1.54, 1.807) is 48.5 Å². The predicted molar refractivity (Wildman–Crippen MR) is 88.4 cm³/mol. The molecule has 0 fully saturated rings. The number of hydrogen-bond donors (Lipinski definition) is 0. The number of ether oxygens (including phenoxy) is 2. The number of para-hydroxylation sites is 1. The third kappa shape index (κ3) is 2.56. The molecular formula is C19H12O5. The molecule has 2 heterocycles. The van der Waals surface area contributed by atoms with Crippen LogP contribution in [-0.2, 0) is 0 Å². The van der Waals surface area contributed by atoms with Crippen LogP contribution in [0, 0.1) is 0 Å². The van der Waals surface area contributed by atoms with Crippen LogP contribution in [0.2, 0.25) is 0 Å². The summed E-state index contributed by atoms with van der Waals surface area (Å²) in [6.45, 7) is 0.194. The Balaban J connectivity index is 1.64. The SMILES string of the molecule is O=C(/C=C/c1ccc2c(c1)OCO2)c1cc2ccccc2oc1=O. The third-order valence-corrected chi connectivity index (χ3v) is 3.73. The van der Waals surface area contributed by atoms with Gasteiger partial charge in [-0.15, -0.1) is 0 Å². The van der Waals surface area contributed by atoms with Gasteiger partial charge in [0.05, 0.1) is 0 Å². The zero-order chi connectivity index (χ0) is 16.5. The van der Waals surface area contributed by atoms with E-state index in [0.717, 1.165) is 5.56 Å². The second-order valence-electron chi connectivity index (χ2n) is 5.30. The van der Waals surface area contributed by atoms with Crippen LogP contribution < -0.4 is 15.1 Å². The molecule has 0 amide bonds. The summed E-state index contributed by atoms with van der Waals surface area (Å²) in [7, 11) is 0. The third-order valence-electron chi connectivity index (χ3n) is 3.73. The number of benzene rings is 2. The Morgan fingerprint density at radius 2 is 1.83 bits per heavy atom. The van der Waals surface area contributed by atoms with E-state index >= 15 is 0 Å². The molecule has 5 heteroatoms. The second kappa shape index (κ2) is 5.70. The van der Waals surface area contributed by atoms with Gasteiger partial charge in [0.25, 0.3) is 0 Å². The Morgan fingerprint density at radius 3 is 2.75 bits per heavy atom. The summed E-state index contributed by atoms with van der Waals surface area (Å²) in [6, 6.07) is 14.0. The lowest BCUT2D eigenvalue weighted by Crippen LogP contribution is -2.11. The average Bonchev–Trinajstić information content (AvgIpc) is 3.06. The van der Waals surface area contributed by atoms with Gasteiger partial charge in [-0.1, -0.05) is 30.3 Å². The summed E-state index contributed by atoms with van der Waals surface area (Å²) in [5.41, 5.74) is 0.594. The number of rotatable bonds is 3. The predicted octanol–water partition coefficient (Wildman–Crippen LogP) is 3.42. The molecule has 0 bridgehead atoms. The summed E-state index contributed by atoms with van der Waals surface area (Å²) >= 11 is 0. The van der Waals surface area contributed by atoms with Crippen molar-refractivity contribution in [3.05, 3.63) is 76.2 Å². The van der Waals surface area contributed by atoms with E-state index in [4.69, 9.17) is 13.9 Å². The van der Waals surface area contributed by atoms with Crippen molar-refractivity contribution in [2.24, 2.45) is 0 Å². The van der Waals surface area contributed by atoms with Crippen LogP contribution in [0.15, 0.2) is 63.8 Å². The first kappa shape index (κ1) is 14.3. The van der Waals surface area contributed by atoms with Gasteiger partial charge in [0.15, 0.2) is 17.3 Å². The number of fused-ring (bicyclic) bond motifs is 2. The minimum atomic E-state index is -0.644. The molecule has 1 aliphatic heterocycles. The molecule has 0 N–H and O–H groups in total. The highest BCUT2D eigenvalue weighted by Gasteiger charge is 2.13. The Kier molecular flexibility index (Phi) is 3.39. The first-order chi connectivity index (χ1) is 11.7. The van der Waals surface area contributed by atoms with Crippen molar-refractivity contribution < 1.29 is 18.7 Å². The Morgan fingerprint density at radius 1 is 1.00 bits per heavy atom. The van der Waals surface area contributed by atoms with Crippen molar-refractivity contribution in [3.63, 3.8) is 0 Å². The molecule has 118 valence electrons. The lowest BCUT2D eigenvalue weighted by Gasteiger charge is -1.99. The van der Waals surface area contributed by atoms with Crippen LogP contribution in [-0.4, -0.2) is 12.6 Å². The maximum Gasteiger partial charge on any atom is 0.347 e. The van der Waals surface area contributed by atoms with Gasteiger partial charge >= 0.3 is 5.63 Å². The van der Waals surface area contributed by atoms with E-state index < -0.39 is 11.4 Å². The van der Waals surface area contributed by atoms with E-state index in [1.807, 2.05) is 6.07 Å². The summed E-state index contributed by atoms with van der Waals surface area (Å²) in [5, 5.41) is 0.705. The van der Waals surface area contributed by atoms with Crippen LogP contribution in [0.4, 0.5) is 0 Å². The Hall–Kier alpha value is -3.34. The fourth-order valence-corrected chi connectivity index (χ4v) is 2.51. The second-order valence-corrected chi connectivity index (χ2v) is 5.30. The van der Waals surface area contributed by atoms with E-state index in [2.05, 4.69) is 0 Å².